The minimum Gasteiger partial charge on any atom is -0.480 e. The van der Waals surface area contributed by atoms with Crippen LogP contribution in [0.25, 0.3) is 0 Å². The van der Waals surface area contributed by atoms with Gasteiger partial charge in [0, 0.05) is 4.88 Å². The second-order valence-electron chi connectivity index (χ2n) is 3.76. The molecule has 4 N–H and O–H groups in total. The van der Waals surface area contributed by atoms with Crippen LogP contribution in [0.5, 0.6) is 0 Å². The minimum absolute atomic E-state index is 0.471. The van der Waals surface area contributed by atoms with Crippen molar-refractivity contribution >= 4 is 17.3 Å². The van der Waals surface area contributed by atoms with Crippen molar-refractivity contribution in [3.8, 4) is 0 Å². The maximum absolute atomic E-state index is 10.4. The van der Waals surface area contributed by atoms with Crippen molar-refractivity contribution in [2.24, 2.45) is 5.73 Å². The van der Waals surface area contributed by atoms with E-state index in [0.717, 1.165) is 13.0 Å². The summed E-state index contributed by atoms with van der Waals surface area (Å²) in [5.74, 6) is -0.934. The number of carboxylic acid groups (broad SMARTS) is 1. The number of rotatable bonds is 7. The lowest BCUT2D eigenvalue weighted by atomic mass is 10.2. The van der Waals surface area contributed by atoms with E-state index in [2.05, 4.69) is 23.7 Å². The quantitative estimate of drug-likeness (QED) is 0.623. The van der Waals surface area contributed by atoms with E-state index in [0.29, 0.717) is 13.0 Å². The Morgan fingerprint density at radius 1 is 1.62 bits per heavy atom. The van der Waals surface area contributed by atoms with E-state index in [1.54, 1.807) is 11.3 Å². The standard InChI is InChI=1S/C11H18N2O2S/c1-8-4-7-16-10(8)3-6-13-5-2-9(12)11(14)15/h4,7,9,13H,2-3,5-6,12H2,1H3,(H,14,15). The Bertz CT molecular complexity index is 338. The lowest BCUT2D eigenvalue weighted by Crippen LogP contribution is -2.34. The topological polar surface area (TPSA) is 75.3 Å². The van der Waals surface area contributed by atoms with Crippen LogP contribution in [0, 0.1) is 6.92 Å². The van der Waals surface area contributed by atoms with Crippen molar-refractivity contribution in [2.45, 2.75) is 25.8 Å². The molecule has 1 heterocycles. The summed E-state index contributed by atoms with van der Waals surface area (Å²) in [4.78, 5) is 11.8. The molecule has 4 nitrogen and oxygen atoms in total. The van der Waals surface area contributed by atoms with Crippen LogP contribution in [0.3, 0.4) is 0 Å². The van der Waals surface area contributed by atoms with E-state index in [4.69, 9.17) is 10.8 Å². The average Bonchev–Trinajstić information content (AvgIpc) is 2.63. The molecule has 1 aromatic heterocycles. The predicted octanol–water partition coefficient (Wildman–Crippen LogP) is 0.991. The highest BCUT2D eigenvalue weighted by atomic mass is 32.1. The molecule has 1 rings (SSSR count). The fourth-order valence-corrected chi connectivity index (χ4v) is 2.28. The fourth-order valence-electron chi connectivity index (χ4n) is 1.37. The van der Waals surface area contributed by atoms with Gasteiger partial charge in [-0.15, -0.1) is 11.3 Å². The molecule has 16 heavy (non-hydrogen) atoms. The first-order valence-corrected chi connectivity index (χ1v) is 6.21. The van der Waals surface area contributed by atoms with E-state index in [1.807, 2.05) is 0 Å². The number of carbonyl (C=O) groups is 1. The van der Waals surface area contributed by atoms with E-state index in [-0.39, 0.29) is 0 Å². The van der Waals surface area contributed by atoms with Crippen molar-refractivity contribution in [3.05, 3.63) is 21.9 Å². The molecule has 0 amide bonds. The number of hydrogen-bond donors (Lipinski definition) is 3. The zero-order valence-corrected chi connectivity index (χ0v) is 10.2. The number of nitrogens with one attached hydrogen (secondary N) is 1. The largest absolute Gasteiger partial charge is 0.480 e. The first-order valence-electron chi connectivity index (χ1n) is 5.33. The number of nitrogens with two attached hydrogens (primary N) is 1. The molecule has 0 bridgehead atoms. The molecule has 1 unspecified atom stereocenters. The van der Waals surface area contributed by atoms with E-state index in [9.17, 15) is 4.79 Å². The lowest BCUT2D eigenvalue weighted by molar-refractivity contribution is -0.138. The second-order valence-corrected chi connectivity index (χ2v) is 4.76. The van der Waals surface area contributed by atoms with E-state index in [1.165, 1.54) is 10.4 Å². The van der Waals surface area contributed by atoms with Gasteiger partial charge in [0.05, 0.1) is 0 Å². The number of carboxylic acids is 1. The van der Waals surface area contributed by atoms with Gasteiger partial charge in [-0.2, -0.15) is 0 Å². The monoisotopic (exact) mass is 242 g/mol. The zero-order chi connectivity index (χ0) is 12.0. The fraction of sp³-hybridized carbons (Fsp3) is 0.545. The summed E-state index contributed by atoms with van der Waals surface area (Å²) >= 11 is 1.76. The minimum atomic E-state index is -0.934. The Hall–Kier alpha value is -0.910. The molecule has 0 aliphatic rings. The zero-order valence-electron chi connectivity index (χ0n) is 9.40. The molecule has 0 aliphatic heterocycles. The number of aliphatic carboxylic acids is 1. The maximum atomic E-state index is 10.4. The van der Waals surface area contributed by atoms with Gasteiger partial charge in [-0.05, 0) is 49.9 Å². The third-order valence-electron chi connectivity index (χ3n) is 2.45. The molecule has 1 aromatic rings. The van der Waals surface area contributed by atoms with Gasteiger partial charge in [-0.25, -0.2) is 0 Å². The summed E-state index contributed by atoms with van der Waals surface area (Å²) in [5.41, 5.74) is 6.71. The molecular formula is C11H18N2O2S. The Balaban J connectivity index is 2.09. The Labute approximate surface area is 99.5 Å². The van der Waals surface area contributed by atoms with Gasteiger partial charge in [0.2, 0.25) is 0 Å². The van der Waals surface area contributed by atoms with Gasteiger partial charge >= 0.3 is 5.97 Å². The van der Waals surface area contributed by atoms with Crippen molar-refractivity contribution in [2.75, 3.05) is 13.1 Å². The second kappa shape index (κ2) is 6.62. The summed E-state index contributed by atoms with van der Waals surface area (Å²) < 4.78 is 0. The van der Waals surface area contributed by atoms with Crippen LogP contribution < -0.4 is 11.1 Å². The molecule has 0 saturated heterocycles. The first-order chi connectivity index (χ1) is 7.61. The first kappa shape index (κ1) is 13.2. The van der Waals surface area contributed by atoms with Crippen LogP contribution in [0.2, 0.25) is 0 Å². The highest BCUT2D eigenvalue weighted by Gasteiger charge is 2.09. The molecule has 0 saturated carbocycles. The lowest BCUT2D eigenvalue weighted by Gasteiger charge is -2.07. The van der Waals surface area contributed by atoms with E-state index < -0.39 is 12.0 Å². The summed E-state index contributed by atoms with van der Waals surface area (Å²) in [5, 5.41) is 13.9. The van der Waals surface area contributed by atoms with Crippen LogP contribution in [0.1, 0.15) is 16.9 Å². The molecule has 0 radical (unpaired) electrons. The summed E-state index contributed by atoms with van der Waals surface area (Å²) in [7, 11) is 0. The van der Waals surface area contributed by atoms with Crippen LogP contribution >= 0.6 is 11.3 Å². The van der Waals surface area contributed by atoms with Crippen molar-refractivity contribution < 1.29 is 9.90 Å². The van der Waals surface area contributed by atoms with E-state index >= 15 is 0 Å². The van der Waals surface area contributed by atoms with Crippen molar-refractivity contribution in [3.63, 3.8) is 0 Å². The molecule has 0 aromatic carbocycles. The summed E-state index contributed by atoms with van der Waals surface area (Å²) in [6, 6.07) is 1.36. The van der Waals surface area contributed by atoms with Crippen molar-refractivity contribution in [1.29, 1.82) is 0 Å². The van der Waals surface area contributed by atoms with Gasteiger partial charge < -0.3 is 16.2 Å². The van der Waals surface area contributed by atoms with Gasteiger partial charge in [0.1, 0.15) is 6.04 Å². The summed E-state index contributed by atoms with van der Waals surface area (Å²) in [6.45, 7) is 3.62. The predicted molar refractivity (Wildman–Crippen MR) is 65.9 cm³/mol. The van der Waals surface area contributed by atoms with Gasteiger partial charge in [-0.1, -0.05) is 0 Å². The van der Waals surface area contributed by atoms with Crippen LogP contribution in [-0.2, 0) is 11.2 Å². The average molecular weight is 242 g/mol. The maximum Gasteiger partial charge on any atom is 0.320 e. The Morgan fingerprint density at radius 2 is 2.38 bits per heavy atom. The normalized spacial score (nSPS) is 12.6. The van der Waals surface area contributed by atoms with Crippen molar-refractivity contribution in [1.82, 2.24) is 5.32 Å². The van der Waals surface area contributed by atoms with Gasteiger partial charge in [0.25, 0.3) is 0 Å². The highest BCUT2D eigenvalue weighted by Crippen LogP contribution is 2.15. The third-order valence-corrected chi connectivity index (χ3v) is 3.53. The highest BCUT2D eigenvalue weighted by molar-refractivity contribution is 7.10. The smallest absolute Gasteiger partial charge is 0.320 e. The van der Waals surface area contributed by atoms with Crippen LogP contribution in [0.15, 0.2) is 11.4 Å². The number of thiophene rings is 1. The van der Waals surface area contributed by atoms with Gasteiger partial charge in [-0.3, -0.25) is 4.79 Å². The Morgan fingerprint density at radius 3 is 2.94 bits per heavy atom. The molecule has 0 fully saturated rings. The summed E-state index contributed by atoms with van der Waals surface area (Å²) in [6.07, 6.45) is 1.46. The van der Waals surface area contributed by atoms with Gasteiger partial charge in [0.15, 0.2) is 0 Å². The third kappa shape index (κ3) is 4.30. The SMILES string of the molecule is Cc1ccsc1CCNCCC(N)C(=O)O. The van der Waals surface area contributed by atoms with Crippen LogP contribution in [-0.4, -0.2) is 30.2 Å². The molecular weight excluding hydrogens is 224 g/mol. The number of hydrogen-bond acceptors (Lipinski definition) is 4. The molecule has 1 atom stereocenters. The Kier molecular flexibility index (Phi) is 5.45. The molecule has 0 spiro atoms. The molecule has 90 valence electrons. The molecule has 0 aliphatic carbocycles. The molecule has 5 heteroatoms. The van der Waals surface area contributed by atoms with Crippen LogP contribution in [0.4, 0.5) is 0 Å². The number of aryl methyl sites for hydroxylation is 1.